The summed E-state index contributed by atoms with van der Waals surface area (Å²) in [6, 6.07) is 24.0. The molecule has 1 fully saturated rings. The van der Waals surface area contributed by atoms with Crippen LogP contribution in [-0.4, -0.2) is 67.9 Å². The second-order valence-electron chi connectivity index (χ2n) is 12.4. The second kappa shape index (κ2) is 17.3. The van der Waals surface area contributed by atoms with E-state index in [9.17, 15) is 14.4 Å². The number of nitrogens with zero attached hydrogens (tertiary/aromatic N) is 1. The fourth-order valence-corrected chi connectivity index (χ4v) is 5.19. The van der Waals surface area contributed by atoms with Crippen molar-refractivity contribution < 1.29 is 23.9 Å². The summed E-state index contributed by atoms with van der Waals surface area (Å²) in [5.74, 6) is -0.321. The van der Waals surface area contributed by atoms with E-state index in [-0.39, 0.29) is 18.0 Å². The van der Waals surface area contributed by atoms with Crippen molar-refractivity contribution in [3.05, 3.63) is 95.6 Å². The van der Waals surface area contributed by atoms with Gasteiger partial charge in [-0.2, -0.15) is 0 Å². The van der Waals surface area contributed by atoms with E-state index in [1.165, 1.54) is 5.56 Å². The molecule has 1 unspecified atom stereocenters. The Labute approximate surface area is 272 Å². The van der Waals surface area contributed by atoms with Crippen LogP contribution in [0.2, 0.25) is 0 Å². The number of ether oxygens (including phenoxy) is 2. The number of urea groups is 1. The number of hydrogen-bond donors (Lipinski definition) is 4. The van der Waals surface area contributed by atoms with Gasteiger partial charge in [0.05, 0.1) is 30.6 Å². The predicted octanol–water partition coefficient (Wildman–Crippen LogP) is 6.37. The summed E-state index contributed by atoms with van der Waals surface area (Å²) >= 11 is 0. The Kier molecular flexibility index (Phi) is 13.0. The van der Waals surface area contributed by atoms with Crippen molar-refractivity contribution >= 4 is 29.4 Å². The summed E-state index contributed by atoms with van der Waals surface area (Å²) in [5.41, 5.74) is 2.85. The quantitative estimate of drug-likeness (QED) is 0.163. The third-order valence-corrected chi connectivity index (χ3v) is 7.53. The van der Waals surface area contributed by atoms with Crippen LogP contribution in [0.15, 0.2) is 78.9 Å². The number of amides is 4. The van der Waals surface area contributed by atoms with Crippen LogP contribution in [0.5, 0.6) is 0 Å². The van der Waals surface area contributed by atoms with Gasteiger partial charge in [-0.1, -0.05) is 54.6 Å². The highest BCUT2D eigenvalue weighted by molar-refractivity contribution is 6.06. The Morgan fingerprint density at radius 1 is 0.848 bits per heavy atom. The second-order valence-corrected chi connectivity index (χ2v) is 12.4. The molecule has 1 heterocycles. The summed E-state index contributed by atoms with van der Waals surface area (Å²) < 4.78 is 10.8. The number of rotatable bonds is 13. The van der Waals surface area contributed by atoms with E-state index >= 15 is 0 Å². The van der Waals surface area contributed by atoms with Gasteiger partial charge >= 0.3 is 12.1 Å². The summed E-state index contributed by atoms with van der Waals surface area (Å²) in [4.78, 5) is 40.8. The van der Waals surface area contributed by atoms with Gasteiger partial charge in [0.25, 0.3) is 5.91 Å². The maximum absolute atomic E-state index is 13.2. The van der Waals surface area contributed by atoms with E-state index < -0.39 is 11.7 Å². The number of carbonyl (C=O) groups is 3. The molecule has 0 aromatic heterocycles. The summed E-state index contributed by atoms with van der Waals surface area (Å²) in [6.45, 7) is 10.2. The first-order chi connectivity index (χ1) is 22.2. The average molecular weight is 630 g/mol. The lowest BCUT2D eigenvalue weighted by atomic mass is 10.00. The molecule has 10 heteroatoms. The molecule has 1 aliphatic rings. The number of aryl methyl sites for hydroxylation is 1. The van der Waals surface area contributed by atoms with Gasteiger partial charge in [0.2, 0.25) is 0 Å². The molecule has 0 spiro atoms. The first-order valence-corrected chi connectivity index (χ1v) is 16.0. The van der Waals surface area contributed by atoms with E-state index in [0.29, 0.717) is 23.5 Å². The summed E-state index contributed by atoms with van der Waals surface area (Å²) in [7, 11) is 0. The molecule has 3 aromatic rings. The lowest BCUT2D eigenvalue weighted by molar-refractivity contribution is 0.0369. The maximum atomic E-state index is 13.2. The lowest BCUT2D eigenvalue weighted by Crippen LogP contribution is -2.39. The highest BCUT2D eigenvalue weighted by Crippen LogP contribution is 2.24. The minimum absolute atomic E-state index is 0.208. The minimum Gasteiger partial charge on any atom is -0.444 e. The van der Waals surface area contributed by atoms with Crippen LogP contribution in [0.25, 0.3) is 0 Å². The zero-order valence-corrected chi connectivity index (χ0v) is 27.1. The third-order valence-electron chi connectivity index (χ3n) is 7.53. The SMILES string of the molecule is CC(C)(C)OC(=O)Nc1ccccc1NC(=O)c1ccc(C(CCCN2CCOCC2)NC(=O)NCCCc2ccccc2)cc1. The van der Waals surface area contributed by atoms with Gasteiger partial charge < -0.3 is 25.4 Å². The average Bonchev–Trinajstić information content (AvgIpc) is 3.04. The molecule has 1 saturated heterocycles. The summed E-state index contributed by atoms with van der Waals surface area (Å²) in [6.07, 6.45) is 2.80. The molecule has 3 aromatic carbocycles. The molecule has 1 atom stereocenters. The molecule has 10 nitrogen and oxygen atoms in total. The standard InChI is InChI=1S/C36H47N5O5/c1-36(2,3)46-35(44)40-32-15-8-7-14-31(32)38-33(42)29-19-17-28(18-20-29)30(16-10-22-41-23-25-45-26-24-41)39-34(43)37-21-9-13-27-11-5-4-6-12-27/h4-8,11-12,14-15,17-20,30H,9-10,13,16,21-26H2,1-3H3,(H,38,42)(H,40,44)(H2,37,39,43). The van der Waals surface area contributed by atoms with Crippen molar-refractivity contribution in [2.75, 3.05) is 50.0 Å². The van der Waals surface area contributed by atoms with Crippen LogP contribution in [-0.2, 0) is 15.9 Å². The zero-order chi connectivity index (χ0) is 32.8. The molecule has 4 amide bonds. The van der Waals surface area contributed by atoms with Crippen molar-refractivity contribution in [3.8, 4) is 0 Å². The van der Waals surface area contributed by atoms with Gasteiger partial charge in [-0.25, -0.2) is 9.59 Å². The maximum Gasteiger partial charge on any atom is 0.412 e. The van der Waals surface area contributed by atoms with Crippen molar-refractivity contribution in [3.63, 3.8) is 0 Å². The van der Waals surface area contributed by atoms with Crippen LogP contribution in [0.4, 0.5) is 21.0 Å². The molecule has 1 aliphatic heterocycles. The number of hydrogen-bond acceptors (Lipinski definition) is 6. The van der Waals surface area contributed by atoms with E-state index in [2.05, 4.69) is 38.3 Å². The van der Waals surface area contributed by atoms with Crippen LogP contribution < -0.4 is 21.3 Å². The van der Waals surface area contributed by atoms with Crippen LogP contribution >= 0.6 is 0 Å². The van der Waals surface area contributed by atoms with Gasteiger partial charge in [0, 0.05) is 25.2 Å². The number of anilines is 2. The number of para-hydroxylation sites is 2. The van der Waals surface area contributed by atoms with Crippen molar-refractivity contribution in [2.24, 2.45) is 0 Å². The molecule has 46 heavy (non-hydrogen) atoms. The van der Waals surface area contributed by atoms with Gasteiger partial charge in [0.1, 0.15) is 5.60 Å². The minimum atomic E-state index is -0.651. The molecule has 0 bridgehead atoms. The van der Waals surface area contributed by atoms with E-state index in [0.717, 1.165) is 64.1 Å². The van der Waals surface area contributed by atoms with Crippen LogP contribution in [0.1, 0.15) is 67.6 Å². The number of carbonyl (C=O) groups excluding carboxylic acids is 3. The van der Waals surface area contributed by atoms with Gasteiger partial charge in [0.15, 0.2) is 0 Å². The Hall–Kier alpha value is -4.41. The topological polar surface area (TPSA) is 121 Å². The fraction of sp³-hybridized carbons (Fsp3) is 0.417. The molecule has 0 aliphatic carbocycles. The zero-order valence-electron chi connectivity index (χ0n) is 27.1. The van der Waals surface area contributed by atoms with Crippen molar-refractivity contribution in [1.29, 1.82) is 0 Å². The number of morpholine rings is 1. The molecule has 0 saturated carbocycles. The molecule has 4 N–H and O–H groups in total. The van der Waals surface area contributed by atoms with Crippen LogP contribution in [0.3, 0.4) is 0 Å². The van der Waals surface area contributed by atoms with E-state index in [4.69, 9.17) is 9.47 Å². The van der Waals surface area contributed by atoms with Gasteiger partial charge in [-0.15, -0.1) is 0 Å². The first kappa shape index (κ1) is 34.5. The first-order valence-electron chi connectivity index (χ1n) is 16.0. The van der Waals surface area contributed by atoms with E-state index in [1.54, 1.807) is 57.2 Å². The van der Waals surface area contributed by atoms with E-state index in [1.807, 2.05) is 30.3 Å². The Bertz CT molecular complexity index is 1400. The largest absolute Gasteiger partial charge is 0.444 e. The number of nitrogens with one attached hydrogen (secondary N) is 4. The van der Waals surface area contributed by atoms with Gasteiger partial charge in [-0.05, 0) is 88.4 Å². The molecule has 0 radical (unpaired) electrons. The third kappa shape index (κ3) is 11.8. The lowest BCUT2D eigenvalue weighted by Gasteiger charge is -2.27. The fourth-order valence-electron chi connectivity index (χ4n) is 5.19. The Balaban J connectivity index is 1.36. The van der Waals surface area contributed by atoms with Crippen LogP contribution in [0, 0.1) is 0 Å². The predicted molar refractivity (Wildman–Crippen MR) is 181 cm³/mol. The highest BCUT2D eigenvalue weighted by atomic mass is 16.6. The summed E-state index contributed by atoms with van der Waals surface area (Å²) in [5, 5.41) is 11.7. The monoisotopic (exact) mass is 629 g/mol. The molecule has 4 rings (SSSR count). The van der Waals surface area contributed by atoms with Crippen molar-refractivity contribution in [1.82, 2.24) is 15.5 Å². The number of benzene rings is 3. The molecule has 246 valence electrons. The molecular weight excluding hydrogens is 582 g/mol. The normalized spacial score (nSPS) is 14.2. The van der Waals surface area contributed by atoms with Gasteiger partial charge in [-0.3, -0.25) is 15.0 Å². The Morgan fingerprint density at radius 3 is 2.17 bits per heavy atom. The Morgan fingerprint density at radius 2 is 1.50 bits per heavy atom. The van der Waals surface area contributed by atoms with Crippen molar-refractivity contribution in [2.45, 2.75) is 58.1 Å². The molecular formula is C36H47N5O5. The smallest absolute Gasteiger partial charge is 0.412 e. The highest BCUT2D eigenvalue weighted by Gasteiger charge is 2.19.